The lowest BCUT2D eigenvalue weighted by Crippen LogP contribution is -2.48. The van der Waals surface area contributed by atoms with Gasteiger partial charge in [0.05, 0.1) is 0 Å². The van der Waals surface area contributed by atoms with Crippen molar-refractivity contribution in [1.82, 2.24) is 5.32 Å². The van der Waals surface area contributed by atoms with Crippen LogP contribution >= 0.6 is 0 Å². The average molecular weight is 247 g/mol. The molecule has 0 aromatic carbocycles. The third-order valence-electron chi connectivity index (χ3n) is 5.97. The lowest BCUT2D eigenvalue weighted by molar-refractivity contribution is -0.0620. The van der Waals surface area contributed by atoms with E-state index in [4.69, 9.17) is 0 Å². The van der Waals surface area contributed by atoms with Crippen LogP contribution in [-0.2, 0) is 0 Å². The van der Waals surface area contributed by atoms with Crippen molar-refractivity contribution in [2.75, 3.05) is 7.05 Å². The molecule has 0 saturated heterocycles. The summed E-state index contributed by atoms with van der Waals surface area (Å²) in [6.07, 6.45) is 15.3. The predicted octanol–water partition coefficient (Wildman–Crippen LogP) is 4.15. The first-order valence-corrected chi connectivity index (χ1v) is 8.01. The molecule has 1 nitrogen and oxygen atoms in total. The van der Waals surface area contributed by atoms with Gasteiger partial charge in [-0.1, -0.05) is 6.08 Å². The van der Waals surface area contributed by atoms with Gasteiger partial charge in [-0.25, -0.2) is 0 Å². The van der Waals surface area contributed by atoms with Crippen LogP contribution in [0.5, 0.6) is 0 Å². The highest BCUT2D eigenvalue weighted by Gasteiger charge is 2.51. The number of nitrogens with one attached hydrogen (secondary N) is 1. The molecule has 0 aliphatic heterocycles. The maximum absolute atomic E-state index is 3.87. The Labute approximate surface area is 112 Å². The van der Waals surface area contributed by atoms with Crippen molar-refractivity contribution in [1.29, 1.82) is 0 Å². The van der Waals surface area contributed by atoms with Crippen molar-refractivity contribution < 1.29 is 0 Å². The molecule has 0 heterocycles. The first-order chi connectivity index (χ1) is 8.73. The van der Waals surface area contributed by atoms with Gasteiger partial charge in [0.25, 0.3) is 0 Å². The van der Waals surface area contributed by atoms with Crippen LogP contribution in [0.25, 0.3) is 0 Å². The Hall–Kier alpha value is -0.300. The lowest BCUT2D eigenvalue weighted by atomic mass is 9.48. The predicted molar refractivity (Wildman–Crippen MR) is 77.5 cm³/mol. The van der Waals surface area contributed by atoms with Crippen LogP contribution in [0, 0.1) is 23.2 Å². The second-order valence-corrected chi connectivity index (χ2v) is 7.47. The Bertz CT molecular complexity index is 271. The zero-order valence-electron chi connectivity index (χ0n) is 12.0. The van der Waals surface area contributed by atoms with Gasteiger partial charge < -0.3 is 5.32 Å². The van der Waals surface area contributed by atoms with E-state index in [1.165, 1.54) is 12.8 Å². The minimum atomic E-state index is 0.722. The van der Waals surface area contributed by atoms with Gasteiger partial charge in [0.15, 0.2) is 0 Å². The number of rotatable bonds is 6. The summed E-state index contributed by atoms with van der Waals surface area (Å²) >= 11 is 0. The fraction of sp³-hybridized carbons (Fsp3) is 0.882. The van der Waals surface area contributed by atoms with E-state index in [1.54, 1.807) is 38.5 Å². The normalized spacial score (nSPS) is 43.1. The summed E-state index contributed by atoms with van der Waals surface area (Å²) < 4.78 is 0. The molecular formula is C17H29N. The fourth-order valence-electron chi connectivity index (χ4n) is 5.73. The summed E-state index contributed by atoms with van der Waals surface area (Å²) in [5.74, 6) is 3.27. The first kappa shape index (κ1) is 12.7. The summed E-state index contributed by atoms with van der Waals surface area (Å²) in [4.78, 5) is 0. The Morgan fingerprint density at radius 3 is 2.17 bits per heavy atom. The van der Waals surface area contributed by atoms with Crippen LogP contribution in [0.4, 0.5) is 0 Å². The van der Waals surface area contributed by atoms with Crippen molar-refractivity contribution in [3.05, 3.63) is 12.7 Å². The lowest BCUT2D eigenvalue weighted by Gasteiger charge is -2.57. The standard InChI is InChI=1S/C17H29N/c1-3-4-5-16(18-2)12-17-9-13-6-14(10-17)8-15(7-13)11-17/h3,13-16,18H,1,4-12H2,2H3. The molecule has 0 aromatic heterocycles. The van der Waals surface area contributed by atoms with Crippen LogP contribution in [0.15, 0.2) is 12.7 Å². The molecule has 4 saturated carbocycles. The third kappa shape index (κ3) is 2.39. The monoisotopic (exact) mass is 247 g/mol. The molecule has 4 rings (SSSR count). The van der Waals surface area contributed by atoms with Crippen LogP contribution in [0.1, 0.15) is 57.8 Å². The molecule has 4 bridgehead atoms. The second-order valence-electron chi connectivity index (χ2n) is 7.47. The van der Waals surface area contributed by atoms with Crippen LogP contribution in [-0.4, -0.2) is 13.1 Å². The Kier molecular flexibility index (Phi) is 3.53. The van der Waals surface area contributed by atoms with Gasteiger partial charge in [0, 0.05) is 6.04 Å². The van der Waals surface area contributed by atoms with Gasteiger partial charge in [-0.15, -0.1) is 6.58 Å². The van der Waals surface area contributed by atoms with E-state index in [0.29, 0.717) is 0 Å². The molecule has 18 heavy (non-hydrogen) atoms. The summed E-state index contributed by atoms with van der Waals surface area (Å²) in [5, 5.41) is 3.56. The minimum Gasteiger partial charge on any atom is -0.317 e. The van der Waals surface area contributed by atoms with Gasteiger partial charge in [-0.2, -0.15) is 0 Å². The van der Waals surface area contributed by atoms with Crippen LogP contribution in [0.3, 0.4) is 0 Å². The van der Waals surface area contributed by atoms with Crippen molar-refractivity contribution in [3.63, 3.8) is 0 Å². The number of hydrogen-bond donors (Lipinski definition) is 1. The van der Waals surface area contributed by atoms with E-state index >= 15 is 0 Å². The highest BCUT2D eigenvalue weighted by molar-refractivity contribution is 5.02. The van der Waals surface area contributed by atoms with Crippen molar-refractivity contribution in [2.45, 2.75) is 63.8 Å². The highest BCUT2D eigenvalue weighted by Crippen LogP contribution is 2.61. The maximum atomic E-state index is 3.87. The molecule has 102 valence electrons. The van der Waals surface area contributed by atoms with E-state index < -0.39 is 0 Å². The summed E-state index contributed by atoms with van der Waals surface area (Å²) in [7, 11) is 2.15. The second kappa shape index (κ2) is 5.00. The SMILES string of the molecule is C=CCCC(CC12CC3CC(CC(C3)C1)C2)NC. The highest BCUT2D eigenvalue weighted by atomic mass is 14.9. The Morgan fingerprint density at radius 1 is 1.17 bits per heavy atom. The van der Waals surface area contributed by atoms with E-state index in [2.05, 4.69) is 25.0 Å². The topological polar surface area (TPSA) is 12.0 Å². The van der Waals surface area contributed by atoms with Crippen LogP contribution in [0.2, 0.25) is 0 Å². The molecule has 1 heteroatoms. The number of allylic oxidation sites excluding steroid dienone is 1. The molecular weight excluding hydrogens is 218 g/mol. The van der Waals surface area contributed by atoms with Gasteiger partial charge in [0.1, 0.15) is 0 Å². The van der Waals surface area contributed by atoms with E-state index in [-0.39, 0.29) is 0 Å². The van der Waals surface area contributed by atoms with Gasteiger partial charge >= 0.3 is 0 Å². The van der Waals surface area contributed by atoms with Gasteiger partial charge in [-0.05, 0) is 88.0 Å². The van der Waals surface area contributed by atoms with E-state index in [0.717, 1.165) is 35.6 Å². The summed E-state index contributed by atoms with van der Waals surface area (Å²) in [6.45, 7) is 3.87. The Morgan fingerprint density at radius 2 is 1.72 bits per heavy atom. The zero-order chi connectivity index (χ0) is 12.6. The van der Waals surface area contributed by atoms with Crippen LogP contribution < -0.4 is 5.32 Å². The summed E-state index contributed by atoms with van der Waals surface area (Å²) in [6, 6.07) is 0.722. The zero-order valence-corrected chi connectivity index (χ0v) is 12.0. The average Bonchev–Trinajstić information content (AvgIpc) is 2.32. The molecule has 4 aliphatic carbocycles. The molecule has 4 fully saturated rings. The molecule has 4 aliphatic rings. The minimum absolute atomic E-state index is 0.722. The van der Waals surface area contributed by atoms with E-state index in [9.17, 15) is 0 Å². The molecule has 1 unspecified atom stereocenters. The molecule has 1 N–H and O–H groups in total. The quantitative estimate of drug-likeness (QED) is 0.695. The third-order valence-corrected chi connectivity index (χ3v) is 5.97. The smallest absolute Gasteiger partial charge is 0.00723 e. The molecule has 1 atom stereocenters. The first-order valence-electron chi connectivity index (χ1n) is 8.01. The molecule has 0 radical (unpaired) electrons. The molecule has 0 aromatic rings. The maximum Gasteiger partial charge on any atom is 0.00723 e. The molecule has 0 spiro atoms. The molecule has 0 amide bonds. The number of hydrogen-bond acceptors (Lipinski definition) is 1. The fourth-order valence-corrected chi connectivity index (χ4v) is 5.73. The van der Waals surface area contributed by atoms with Crippen molar-refractivity contribution in [2.24, 2.45) is 23.2 Å². The van der Waals surface area contributed by atoms with Crippen molar-refractivity contribution >= 4 is 0 Å². The summed E-state index contributed by atoms with van der Waals surface area (Å²) in [5.41, 5.74) is 0.726. The van der Waals surface area contributed by atoms with Gasteiger partial charge in [0.2, 0.25) is 0 Å². The Balaban J connectivity index is 1.65. The van der Waals surface area contributed by atoms with Gasteiger partial charge in [-0.3, -0.25) is 0 Å². The largest absolute Gasteiger partial charge is 0.317 e. The van der Waals surface area contributed by atoms with E-state index in [1.807, 2.05) is 0 Å². The van der Waals surface area contributed by atoms with Crippen molar-refractivity contribution in [3.8, 4) is 0 Å².